The van der Waals surface area contributed by atoms with E-state index in [0.717, 1.165) is 17.3 Å². The monoisotopic (exact) mass is 307 g/mol. The van der Waals surface area contributed by atoms with E-state index in [-0.39, 0.29) is 5.75 Å². The van der Waals surface area contributed by atoms with Gasteiger partial charge in [0.2, 0.25) is 0 Å². The van der Waals surface area contributed by atoms with Crippen molar-refractivity contribution in [1.82, 2.24) is 5.32 Å². The Morgan fingerprint density at radius 1 is 1.25 bits per heavy atom. The van der Waals surface area contributed by atoms with E-state index in [0.29, 0.717) is 5.75 Å². The van der Waals surface area contributed by atoms with Gasteiger partial charge < -0.3 is 10.4 Å². The summed E-state index contributed by atoms with van der Waals surface area (Å²) in [7, 11) is 0. The Hall–Kier alpha value is -1.70. The SMILES string of the molecule is O=C(O)[C@H](CSCc1ccccc1)NC(=O)C(F)(F)F. The predicted molar refractivity (Wildman–Crippen MR) is 68.2 cm³/mol. The Morgan fingerprint density at radius 2 is 1.85 bits per heavy atom. The van der Waals surface area contributed by atoms with Gasteiger partial charge in [-0.15, -0.1) is 0 Å². The molecule has 0 aromatic heterocycles. The molecule has 110 valence electrons. The van der Waals surface area contributed by atoms with Gasteiger partial charge in [-0.25, -0.2) is 4.79 Å². The van der Waals surface area contributed by atoms with Crippen molar-refractivity contribution in [2.24, 2.45) is 0 Å². The van der Waals surface area contributed by atoms with Crippen LogP contribution in [0.4, 0.5) is 13.2 Å². The fraction of sp³-hybridized carbons (Fsp3) is 0.333. The summed E-state index contributed by atoms with van der Waals surface area (Å²) in [6.07, 6.45) is -5.09. The topological polar surface area (TPSA) is 66.4 Å². The van der Waals surface area contributed by atoms with E-state index in [1.807, 2.05) is 18.2 Å². The largest absolute Gasteiger partial charge is 0.480 e. The van der Waals surface area contributed by atoms with Crippen LogP contribution in [0.2, 0.25) is 0 Å². The minimum atomic E-state index is -5.09. The molecule has 0 unspecified atom stereocenters. The molecule has 1 atom stereocenters. The first-order valence-electron chi connectivity index (χ1n) is 5.53. The molecular weight excluding hydrogens is 295 g/mol. The molecule has 1 amide bonds. The normalized spacial score (nSPS) is 12.8. The Labute approximate surface area is 117 Å². The van der Waals surface area contributed by atoms with Gasteiger partial charge in [0.25, 0.3) is 0 Å². The van der Waals surface area contributed by atoms with Gasteiger partial charge in [-0.2, -0.15) is 24.9 Å². The molecule has 4 nitrogen and oxygen atoms in total. The number of hydrogen-bond acceptors (Lipinski definition) is 3. The Bertz CT molecular complexity index is 465. The van der Waals surface area contributed by atoms with Crippen molar-refractivity contribution in [2.75, 3.05) is 5.75 Å². The third-order valence-electron chi connectivity index (χ3n) is 2.26. The Kier molecular flexibility index (Phi) is 5.87. The summed E-state index contributed by atoms with van der Waals surface area (Å²) in [5, 5.41) is 10.2. The van der Waals surface area contributed by atoms with Gasteiger partial charge in [0.1, 0.15) is 6.04 Å². The lowest BCUT2D eigenvalue weighted by Crippen LogP contribution is -2.48. The second kappa shape index (κ2) is 7.18. The fourth-order valence-electron chi connectivity index (χ4n) is 1.28. The zero-order chi connectivity index (χ0) is 15.2. The lowest BCUT2D eigenvalue weighted by atomic mass is 10.2. The number of carbonyl (C=O) groups is 2. The molecule has 0 aliphatic heterocycles. The summed E-state index contributed by atoms with van der Waals surface area (Å²) in [6.45, 7) is 0. The van der Waals surface area contributed by atoms with Crippen molar-refractivity contribution in [3.05, 3.63) is 35.9 Å². The van der Waals surface area contributed by atoms with Crippen LogP contribution >= 0.6 is 11.8 Å². The van der Waals surface area contributed by atoms with E-state index in [4.69, 9.17) is 5.11 Å². The van der Waals surface area contributed by atoms with Crippen LogP contribution in [0.15, 0.2) is 30.3 Å². The van der Waals surface area contributed by atoms with Crippen LogP contribution in [0.5, 0.6) is 0 Å². The molecule has 0 saturated heterocycles. The molecule has 1 aromatic carbocycles. The van der Waals surface area contributed by atoms with E-state index < -0.39 is 24.1 Å². The summed E-state index contributed by atoms with van der Waals surface area (Å²) in [6, 6.07) is 7.48. The zero-order valence-electron chi connectivity index (χ0n) is 10.2. The number of thioether (sulfide) groups is 1. The van der Waals surface area contributed by atoms with Gasteiger partial charge in [0, 0.05) is 11.5 Å². The number of halogens is 3. The highest BCUT2D eigenvalue weighted by atomic mass is 32.2. The second-order valence-electron chi connectivity index (χ2n) is 3.86. The van der Waals surface area contributed by atoms with Crippen LogP contribution in [0.3, 0.4) is 0 Å². The van der Waals surface area contributed by atoms with Crippen LogP contribution in [0.25, 0.3) is 0 Å². The molecule has 0 aliphatic rings. The summed E-state index contributed by atoms with van der Waals surface area (Å²) in [5.41, 5.74) is 0.920. The van der Waals surface area contributed by atoms with E-state index in [2.05, 4.69) is 0 Å². The third-order valence-corrected chi connectivity index (χ3v) is 3.36. The quantitative estimate of drug-likeness (QED) is 0.844. The molecule has 1 aromatic rings. The lowest BCUT2D eigenvalue weighted by molar-refractivity contribution is -0.175. The maximum Gasteiger partial charge on any atom is 0.471 e. The number of rotatable bonds is 6. The van der Waals surface area contributed by atoms with Gasteiger partial charge in [-0.3, -0.25) is 4.79 Å². The maximum absolute atomic E-state index is 12.0. The third kappa shape index (κ3) is 5.52. The van der Waals surface area contributed by atoms with Gasteiger partial charge in [-0.05, 0) is 5.56 Å². The molecule has 8 heteroatoms. The molecule has 2 N–H and O–H groups in total. The van der Waals surface area contributed by atoms with Crippen molar-refractivity contribution >= 4 is 23.6 Å². The first-order chi connectivity index (χ1) is 9.30. The number of carbonyl (C=O) groups excluding carboxylic acids is 1. The molecule has 0 bridgehead atoms. The molecular formula is C12H12F3NO3S. The van der Waals surface area contributed by atoms with Crippen LogP contribution in [-0.4, -0.2) is 35.0 Å². The predicted octanol–water partition coefficient (Wildman–Crippen LogP) is 2.05. The summed E-state index contributed by atoms with van der Waals surface area (Å²) in [5.74, 6) is -3.44. The lowest BCUT2D eigenvalue weighted by Gasteiger charge is -2.15. The number of amides is 1. The summed E-state index contributed by atoms with van der Waals surface area (Å²) >= 11 is 1.13. The highest BCUT2D eigenvalue weighted by molar-refractivity contribution is 7.98. The molecule has 20 heavy (non-hydrogen) atoms. The molecule has 0 saturated carbocycles. The number of carboxylic acid groups (broad SMARTS) is 1. The van der Waals surface area contributed by atoms with Crippen LogP contribution in [0.1, 0.15) is 5.56 Å². The second-order valence-corrected chi connectivity index (χ2v) is 4.89. The van der Waals surface area contributed by atoms with Crippen molar-refractivity contribution in [3.8, 4) is 0 Å². The first kappa shape index (κ1) is 16.4. The molecule has 0 spiro atoms. The average molecular weight is 307 g/mol. The standard InChI is InChI=1S/C12H12F3NO3S/c13-12(14,15)11(19)16-9(10(17)18)7-20-6-8-4-2-1-3-5-8/h1-5,9H,6-7H2,(H,16,19)(H,17,18)/t9-/m0/s1. The van der Waals surface area contributed by atoms with Gasteiger partial charge in [-0.1, -0.05) is 30.3 Å². The van der Waals surface area contributed by atoms with Gasteiger partial charge >= 0.3 is 18.1 Å². The first-order valence-corrected chi connectivity index (χ1v) is 6.68. The highest BCUT2D eigenvalue weighted by Crippen LogP contribution is 2.16. The van der Waals surface area contributed by atoms with Gasteiger partial charge in [0.15, 0.2) is 0 Å². The molecule has 1 rings (SSSR count). The highest BCUT2D eigenvalue weighted by Gasteiger charge is 2.40. The summed E-state index contributed by atoms with van der Waals surface area (Å²) in [4.78, 5) is 21.5. The van der Waals surface area contributed by atoms with Gasteiger partial charge in [0.05, 0.1) is 0 Å². The Morgan fingerprint density at radius 3 is 2.35 bits per heavy atom. The van der Waals surface area contributed by atoms with E-state index in [9.17, 15) is 22.8 Å². The number of aliphatic carboxylic acids is 1. The Balaban J connectivity index is 2.48. The molecule has 0 aliphatic carbocycles. The average Bonchev–Trinajstić information content (AvgIpc) is 2.37. The number of alkyl halides is 3. The number of carboxylic acids is 1. The van der Waals surface area contributed by atoms with Crippen LogP contribution in [0, 0.1) is 0 Å². The fourth-order valence-corrected chi connectivity index (χ4v) is 2.29. The molecule has 0 heterocycles. The number of hydrogen-bond donors (Lipinski definition) is 2. The smallest absolute Gasteiger partial charge is 0.471 e. The van der Waals surface area contributed by atoms with Crippen molar-refractivity contribution in [2.45, 2.75) is 18.0 Å². The maximum atomic E-state index is 12.0. The summed E-state index contributed by atoms with van der Waals surface area (Å²) < 4.78 is 36.1. The van der Waals surface area contributed by atoms with Crippen molar-refractivity contribution in [3.63, 3.8) is 0 Å². The number of nitrogens with one attached hydrogen (secondary N) is 1. The molecule has 0 radical (unpaired) electrons. The van der Waals surface area contributed by atoms with Crippen molar-refractivity contribution in [1.29, 1.82) is 0 Å². The van der Waals surface area contributed by atoms with E-state index in [1.54, 1.807) is 12.1 Å². The van der Waals surface area contributed by atoms with E-state index >= 15 is 0 Å². The van der Waals surface area contributed by atoms with E-state index in [1.165, 1.54) is 5.32 Å². The van der Waals surface area contributed by atoms with Crippen molar-refractivity contribution < 1.29 is 27.9 Å². The minimum Gasteiger partial charge on any atom is -0.480 e. The van der Waals surface area contributed by atoms with Crippen LogP contribution in [-0.2, 0) is 15.3 Å². The van der Waals surface area contributed by atoms with Crippen LogP contribution < -0.4 is 5.32 Å². The molecule has 0 fully saturated rings. The minimum absolute atomic E-state index is 0.147. The number of benzene rings is 1. The zero-order valence-corrected chi connectivity index (χ0v) is 11.0.